The van der Waals surface area contributed by atoms with Crippen molar-refractivity contribution in [2.45, 2.75) is 6.42 Å². The van der Waals surface area contributed by atoms with Gasteiger partial charge in [0.15, 0.2) is 0 Å². The minimum absolute atomic E-state index is 0.0117. The van der Waals surface area contributed by atoms with Gasteiger partial charge in [0.1, 0.15) is 0 Å². The zero-order valence-corrected chi connectivity index (χ0v) is 11.1. The molecule has 0 radical (unpaired) electrons. The van der Waals surface area contributed by atoms with Crippen molar-refractivity contribution < 1.29 is 19.6 Å². The monoisotopic (exact) mass is 290 g/mol. The summed E-state index contributed by atoms with van der Waals surface area (Å²) >= 11 is 0. The number of nitrogens with zero attached hydrogens (tertiary/aromatic N) is 2. The molecule has 1 aromatic rings. The molecule has 0 bridgehead atoms. The molecule has 0 atom stereocenters. The van der Waals surface area contributed by atoms with Crippen LogP contribution >= 0.6 is 0 Å². The van der Waals surface area contributed by atoms with Gasteiger partial charge in [0.25, 0.3) is 5.69 Å². The molecule has 7 heteroatoms. The molecule has 110 valence electrons. The van der Waals surface area contributed by atoms with Crippen molar-refractivity contribution in [3.63, 3.8) is 0 Å². The molecule has 1 heterocycles. The van der Waals surface area contributed by atoms with Crippen molar-refractivity contribution in [1.82, 2.24) is 4.90 Å². The SMILES string of the molecule is O=C(O)CC1CN(C(=O)C=Cc2cccc([N+](=O)[O-])c2)C1. The molecule has 1 amide bonds. The predicted molar refractivity (Wildman–Crippen MR) is 74.5 cm³/mol. The molecule has 21 heavy (non-hydrogen) atoms. The summed E-state index contributed by atoms with van der Waals surface area (Å²) in [5, 5.41) is 19.3. The fraction of sp³-hybridized carbons (Fsp3) is 0.286. The Kier molecular flexibility index (Phi) is 4.32. The highest BCUT2D eigenvalue weighted by atomic mass is 16.6. The zero-order chi connectivity index (χ0) is 15.4. The van der Waals surface area contributed by atoms with E-state index in [1.165, 1.54) is 24.3 Å². The smallest absolute Gasteiger partial charge is 0.303 e. The van der Waals surface area contributed by atoms with E-state index >= 15 is 0 Å². The van der Waals surface area contributed by atoms with Crippen molar-refractivity contribution >= 4 is 23.6 Å². The number of benzene rings is 1. The van der Waals surface area contributed by atoms with Gasteiger partial charge in [0.2, 0.25) is 5.91 Å². The second-order valence-electron chi connectivity index (χ2n) is 4.89. The van der Waals surface area contributed by atoms with Gasteiger partial charge in [-0.15, -0.1) is 0 Å². The minimum atomic E-state index is -0.862. The molecule has 1 aliphatic heterocycles. The first kappa shape index (κ1) is 14.7. The summed E-state index contributed by atoms with van der Waals surface area (Å²) in [6.07, 6.45) is 2.92. The molecule has 0 spiro atoms. The topological polar surface area (TPSA) is 101 Å². The van der Waals surface area contributed by atoms with Crippen LogP contribution in [0, 0.1) is 16.0 Å². The molecule has 2 rings (SSSR count). The maximum Gasteiger partial charge on any atom is 0.303 e. The van der Waals surface area contributed by atoms with Crippen LogP contribution in [0.4, 0.5) is 5.69 Å². The fourth-order valence-electron chi connectivity index (χ4n) is 2.14. The highest BCUT2D eigenvalue weighted by Crippen LogP contribution is 2.20. The predicted octanol–water partition coefficient (Wildman–Crippen LogP) is 1.54. The lowest BCUT2D eigenvalue weighted by Crippen LogP contribution is -2.49. The second-order valence-corrected chi connectivity index (χ2v) is 4.89. The van der Waals surface area contributed by atoms with Crippen LogP contribution in [0.3, 0.4) is 0 Å². The third kappa shape index (κ3) is 3.88. The Morgan fingerprint density at radius 2 is 2.14 bits per heavy atom. The van der Waals surface area contributed by atoms with E-state index in [0.29, 0.717) is 18.7 Å². The largest absolute Gasteiger partial charge is 0.481 e. The lowest BCUT2D eigenvalue weighted by Gasteiger charge is -2.37. The number of amides is 1. The number of likely N-dealkylation sites (tertiary alicyclic amines) is 1. The molecule has 1 aliphatic rings. The lowest BCUT2D eigenvalue weighted by molar-refractivity contribution is -0.384. The summed E-state index contributed by atoms with van der Waals surface area (Å²) in [6, 6.07) is 5.98. The molecular formula is C14H14N2O5. The molecular weight excluding hydrogens is 276 g/mol. The van der Waals surface area contributed by atoms with E-state index in [0.717, 1.165) is 0 Å². The van der Waals surface area contributed by atoms with E-state index in [2.05, 4.69) is 0 Å². The van der Waals surface area contributed by atoms with E-state index < -0.39 is 10.9 Å². The maximum atomic E-state index is 11.8. The van der Waals surface area contributed by atoms with E-state index in [4.69, 9.17) is 5.11 Å². The van der Waals surface area contributed by atoms with Crippen LogP contribution in [0.25, 0.3) is 6.08 Å². The van der Waals surface area contributed by atoms with Gasteiger partial charge in [-0.25, -0.2) is 0 Å². The molecule has 1 saturated heterocycles. The molecule has 1 fully saturated rings. The van der Waals surface area contributed by atoms with Crippen LogP contribution in [-0.2, 0) is 9.59 Å². The normalized spacial score (nSPS) is 15.0. The van der Waals surface area contributed by atoms with Gasteiger partial charge in [-0.05, 0) is 11.6 Å². The van der Waals surface area contributed by atoms with Crippen molar-refractivity contribution in [3.05, 3.63) is 46.0 Å². The quantitative estimate of drug-likeness (QED) is 0.503. The Morgan fingerprint density at radius 3 is 2.76 bits per heavy atom. The van der Waals surface area contributed by atoms with Crippen LogP contribution in [-0.4, -0.2) is 39.9 Å². The Hall–Kier alpha value is -2.70. The van der Waals surface area contributed by atoms with Crippen LogP contribution in [0.5, 0.6) is 0 Å². The fourth-order valence-corrected chi connectivity index (χ4v) is 2.14. The summed E-state index contributed by atoms with van der Waals surface area (Å²) in [4.78, 5) is 34.0. The first-order valence-corrected chi connectivity index (χ1v) is 6.39. The summed E-state index contributed by atoms with van der Waals surface area (Å²) in [5.41, 5.74) is 0.537. The summed E-state index contributed by atoms with van der Waals surface area (Å²) in [6.45, 7) is 0.870. The number of nitro groups is 1. The Balaban J connectivity index is 1.90. The van der Waals surface area contributed by atoms with Crippen LogP contribution in [0.1, 0.15) is 12.0 Å². The van der Waals surface area contributed by atoms with Gasteiger partial charge in [-0.3, -0.25) is 19.7 Å². The second kappa shape index (κ2) is 6.17. The van der Waals surface area contributed by atoms with Gasteiger partial charge < -0.3 is 10.0 Å². The van der Waals surface area contributed by atoms with Gasteiger partial charge in [0.05, 0.1) is 11.3 Å². The number of hydrogen-bond acceptors (Lipinski definition) is 4. The number of carboxylic acid groups (broad SMARTS) is 1. The number of hydrogen-bond donors (Lipinski definition) is 1. The number of rotatable bonds is 5. The van der Waals surface area contributed by atoms with Crippen LogP contribution < -0.4 is 0 Å². The number of carboxylic acids is 1. The third-order valence-corrected chi connectivity index (χ3v) is 3.23. The van der Waals surface area contributed by atoms with E-state index in [9.17, 15) is 19.7 Å². The van der Waals surface area contributed by atoms with Crippen LogP contribution in [0.15, 0.2) is 30.3 Å². The minimum Gasteiger partial charge on any atom is -0.481 e. The van der Waals surface area contributed by atoms with Crippen molar-refractivity contribution in [2.24, 2.45) is 5.92 Å². The highest BCUT2D eigenvalue weighted by molar-refractivity contribution is 5.92. The molecule has 1 N–H and O–H groups in total. The van der Waals surface area contributed by atoms with Crippen molar-refractivity contribution in [2.75, 3.05) is 13.1 Å². The average Bonchev–Trinajstić information content (AvgIpc) is 2.39. The van der Waals surface area contributed by atoms with Crippen LogP contribution in [0.2, 0.25) is 0 Å². The Morgan fingerprint density at radius 1 is 1.43 bits per heavy atom. The van der Waals surface area contributed by atoms with E-state index in [1.807, 2.05) is 0 Å². The highest BCUT2D eigenvalue weighted by Gasteiger charge is 2.30. The van der Waals surface area contributed by atoms with Gasteiger partial charge in [-0.1, -0.05) is 12.1 Å². The molecule has 7 nitrogen and oxygen atoms in total. The molecule has 1 aromatic carbocycles. The first-order valence-electron chi connectivity index (χ1n) is 6.39. The molecule has 0 aliphatic carbocycles. The lowest BCUT2D eigenvalue weighted by atomic mass is 9.96. The van der Waals surface area contributed by atoms with E-state index in [-0.39, 0.29) is 23.9 Å². The summed E-state index contributed by atoms with van der Waals surface area (Å²) in [7, 11) is 0. The number of aliphatic carboxylic acids is 1. The third-order valence-electron chi connectivity index (χ3n) is 3.23. The summed E-state index contributed by atoms with van der Waals surface area (Å²) < 4.78 is 0. The standard InChI is InChI=1S/C14H14N2O5/c17-13(15-8-11(9-15)7-14(18)19)5-4-10-2-1-3-12(6-10)16(20)21/h1-6,11H,7-9H2,(H,18,19). The van der Waals surface area contributed by atoms with Gasteiger partial charge in [-0.2, -0.15) is 0 Å². The van der Waals surface area contributed by atoms with Crippen molar-refractivity contribution in [1.29, 1.82) is 0 Å². The maximum absolute atomic E-state index is 11.8. The first-order chi connectivity index (χ1) is 9.95. The molecule has 0 aromatic heterocycles. The molecule has 0 saturated carbocycles. The zero-order valence-electron chi connectivity index (χ0n) is 11.1. The van der Waals surface area contributed by atoms with Crippen molar-refractivity contribution in [3.8, 4) is 0 Å². The number of carbonyl (C=O) groups excluding carboxylic acids is 1. The number of carbonyl (C=O) groups is 2. The Labute approximate surface area is 120 Å². The number of nitro benzene ring substituents is 1. The number of non-ortho nitro benzene ring substituents is 1. The molecule has 0 unspecified atom stereocenters. The summed E-state index contributed by atoms with van der Waals surface area (Å²) in [5.74, 6) is -1.07. The van der Waals surface area contributed by atoms with E-state index in [1.54, 1.807) is 17.0 Å². The average molecular weight is 290 g/mol. The van der Waals surface area contributed by atoms with Gasteiger partial charge in [0, 0.05) is 37.2 Å². The Bertz CT molecular complexity index is 605. The van der Waals surface area contributed by atoms with Gasteiger partial charge >= 0.3 is 5.97 Å².